The Morgan fingerprint density at radius 1 is 1.32 bits per heavy atom. The Labute approximate surface area is 127 Å². The van der Waals surface area contributed by atoms with Crippen LogP contribution in [0.4, 0.5) is 13.2 Å². The zero-order chi connectivity index (χ0) is 15.7. The minimum absolute atomic E-state index is 0.0135. The molecule has 1 amide bonds. The van der Waals surface area contributed by atoms with E-state index in [4.69, 9.17) is 0 Å². The smallest absolute Gasteiger partial charge is 0.351 e. The predicted molar refractivity (Wildman–Crippen MR) is 74.0 cm³/mol. The van der Waals surface area contributed by atoms with E-state index in [0.29, 0.717) is 19.4 Å². The van der Waals surface area contributed by atoms with Crippen LogP contribution < -0.4 is 5.32 Å². The zero-order valence-corrected chi connectivity index (χ0v) is 12.3. The van der Waals surface area contributed by atoms with E-state index in [-0.39, 0.29) is 24.8 Å². The summed E-state index contributed by atoms with van der Waals surface area (Å²) in [6, 6.07) is -0.0135. The summed E-state index contributed by atoms with van der Waals surface area (Å²) >= 11 is 0. The van der Waals surface area contributed by atoms with E-state index >= 15 is 0 Å². The number of fused-ring (bicyclic) bond motifs is 1. The standard InChI is InChI=1S/C15H20F3N3O/c16-15(17,18)11-3-1-2-10(8-11)14(22)20-12-4-5-13-19-6-7-21(13)9-12/h6-7,10-12H,1-5,8-9H2,(H,20,22)/t10-,11-,12-/m1/s1. The van der Waals surface area contributed by atoms with Gasteiger partial charge in [-0.1, -0.05) is 6.42 Å². The molecule has 1 aliphatic carbocycles. The van der Waals surface area contributed by atoms with E-state index in [9.17, 15) is 18.0 Å². The molecule has 1 N–H and O–H groups in total. The lowest BCUT2D eigenvalue weighted by Gasteiger charge is -2.32. The van der Waals surface area contributed by atoms with E-state index < -0.39 is 18.0 Å². The van der Waals surface area contributed by atoms with Crippen LogP contribution in [-0.2, 0) is 17.8 Å². The van der Waals surface area contributed by atoms with Gasteiger partial charge in [0.1, 0.15) is 5.82 Å². The maximum atomic E-state index is 12.8. The Kier molecular flexibility index (Phi) is 4.14. The summed E-state index contributed by atoms with van der Waals surface area (Å²) in [4.78, 5) is 16.5. The lowest BCUT2D eigenvalue weighted by atomic mass is 9.80. The minimum Gasteiger partial charge on any atom is -0.351 e. The van der Waals surface area contributed by atoms with Crippen molar-refractivity contribution in [1.29, 1.82) is 0 Å². The molecule has 3 atom stereocenters. The van der Waals surface area contributed by atoms with Crippen molar-refractivity contribution in [3.8, 4) is 0 Å². The normalized spacial score (nSPS) is 29.0. The molecule has 0 saturated heterocycles. The van der Waals surface area contributed by atoms with Gasteiger partial charge in [-0.2, -0.15) is 13.2 Å². The molecule has 1 saturated carbocycles. The molecule has 0 unspecified atom stereocenters. The van der Waals surface area contributed by atoms with Gasteiger partial charge in [0.25, 0.3) is 0 Å². The molecule has 1 aromatic heterocycles. The molecule has 1 aliphatic heterocycles. The highest BCUT2D eigenvalue weighted by atomic mass is 19.4. The molecule has 0 aromatic carbocycles. The Bertz CT molecular complexity index is 540. The van der Waals surface area contributed by atoms with Gasteiger partial charge in [0.15, 0.2) is 0 Å². The van der Waals surface area contributed by atoms with Crippen molar-refractivity contribution in [1.82, 2.24) is 14.9 Å². The number of rotatable bonds is 2. The number of alkyl halides is 3. The maximum absolute atomic E-state index is 12.8. The topological polar surface area (TPSA) is 46.9 Å². The number of hydrogen-bond donors (Lipinski definition) is 1. The summed E-state index contributed by atoms with van der Waals surface area (Å²) in [7, 11) is 0. The highest BCUT2D eigenvalue weighted by molar-refractivity contribution is 5.79. The van der Waals surface area contributed by atoms with E-state index in [1.165, 1.54) is 0 Å². The number of imidazole rings is 1. The molecule has 1 fully saturated rings. The molecule has 2 aliphatic rings. The van der Waals surface area contributed by atoms with E-state index in [0.717, 1.165) is 18.7 Å². The van der Waals surface area contributed by atoms with Gasteiger partial charge in [0, 0.05) is 37.3 Å². The molecule has 122 valence electrons. The summed E-state index contributed by atoms with van der Waals surface area (Å²) in [5, 5.41) is 2.94. The third-order valence-corrected chi connectivity index (χ3v) is 4.79. The SMILES string of the molecule is O=C(N[C@@H]1CCc2nccn2C1)[C@@H]1CCC[C@@H](C(F)(F)F)C1. The van der Waals surface area contributed by atoms with Gasteiger partial charge in [-0.15, -0.1) is 0 Å². The van der Waals surface area contributed by atoms with Crippen molar-refractivity contribution in [2.75, 3.05) is 0 Å². The van der Waals surface area contributed by atoms with Crippen LogP contribution in [0.5, 0.6) is 0 Å². The number of amides is 1. The van der Waals surface area contributed by atoms with Gasteiger partial charge in [0.2, 0.25) is 5.91 Å². The fourth-order valence-electron chi connectivity index (χ4n) is 3.53. The second-order valence-electron chi connectivity index (χ2n) is 6.34. The van der Waals surface area contributed by atoms with Gasteiger partial charge in [0.05, 0.1) is 5.92 Å². The second-order valence-corrected chi connectivity index (χ2v) is 6.34. The van der Waals surface area contributed by atoms with E-state index in [1.54, 1.807) is 6.20 Å². The Balaban J connectivity index is 1.56. The van der Waals surface area contributed by atoms with Crippen LogP contribution in [0.1, 0.15) is 37.9 Å². The van der Waals surface area contributed by atoms with Crippen molar-refractivity contribution in [3.05, 3.63) is 18.2 Å². The summed E-state index contributed by atoms with van der Waals surface area (Å²) in [5.74, 6) is -1.06. The first kappa shape index (κ1) is 15.4. The van der Waals surface area contributed by atoms with Crippen LogP contribution in [0.3, 0.4) is 0 Å². The largest absolute Gasteiger partial charge is 0.391 e. The third-order valence-electron chi connectivity index (χ3n) is 4.79. The van der Waals surface area contributed by atoms with Crippen LogP contribution in [-0.4, -0.2) is 27.7 Å². The van der Waals surface area contributed by atoms with Gasteiger partial charge in [-0.05, 0) is 25.7 Å². The zero-order valence-electron chi connectivity index (χ0n) is 12.3. The average Bonchev–Trinajstić information content (AvgIpc) is 2.94. The molecule has 7 heteroatoms. The molecule has 0 spiro atoms. The lowest BCUT2D eigenvalue weighted by molar-refractivity contribution is -0.186. The molecule has 4 nitrogen and oxygen atoms in total. The fraction of sp³-hybridized carbons (Fsp3) is 0.733. The molecular weight excluding hydrogens is 295 g/mol. The number of carbonyl (C=O) groups excluding carboxylic acids is 1. The van der Waals surface area contributed by atoms with Crippen LogP contribution in [0.2, 0.25) is 0 Å². The lowest BCUT2D eigenvalue weighted by Crippen LogP contribution is -2.45. The monoisotopic (exact) mass is 315 g/mol. The molecule has 0 bridgehead atoms. The third kappa shape index (κ3) is 3.28. The number of nitrogens with zero attached hydrogens (tertiary/aromatic N) is 2. The van der Waals surface area contributed by atoms with Crippen LogP contribution in [0.25, 0.3) is 0 Å². The number of hydrogen-bond acceptors (Lipinski definition) is 2. The number of halogens is 3. The highest BCUT2D eigenvalue weighted by Gasteiger charge is 2.43. The van der Waals surface area contributed by atoms with Crippen molar-refractivity contribution < 1.29 is 18.0 Å². The maximum Gasteiger partial charge on any atom is 0.391 e. The number of aromatic nitrogens is 2. The van der Waals surface area contributed by atoms with E-state index in [2.05, 4.69) is 10.3 Å². The molecule has 3 rings (SSSR count). The fourth-order valence-corrected chi connectivity index (χ4v) is 3.53. The van der Waals surface area contributed by atoms with Crippen molar-refractivity contribution in [2.45, 2.75) is 57.3 Å². The highest BCUT2D eigenvalue weighted by Crippen LogP contribution is 2.40. The number of carbonyl (C=O) groups is 1. The van der Waals surface area contributed by atoms with Gasteiger partial charge >= 0.3 is 6.18 Å². The molecular formula is C15H20F3N3O. The molecule has 22 heavy (non-hydrogen) atoms. The molecule has 1 aromatic rings. The minimum atomic E-state index is -4.19. The van der Waals surface area contributed by atoms with Crippen molar-refractivity contribution >= 4 is 5.91 Å². The summed E-state index contributed by atoms with van der Waals surface area (Å²) in [6.07, 6.45) is 2.09. The van der Waals surface area contributed by atoms with Crippen molar-refractivity contribution in [2.24, 2.45) is 11.8 Å². The van der Waals surface area contributed by atoms with Crippen LogP contribution in [0.15, 0.2) is 12.4 Å². The number of nitrogens with one attached hydrogen (secondary N) is 1. The summed E-state index contributed by atoms with van der Waals surface area (Å²) in [6.45, 7) is 0.649. The molecule has 2 heterocycles. The summed E-state index contributed by atoms with van der Waals surface area (Å²) in [5.41, 5.74) is 0. The van der Waals surface area contributed by atoms with Crippen molar-refractivity contribution in [3.63, 3.8) is 0 Å². The van der Waals surface area contributed by atoms with E-state index in [1.807, 2.05) is 10.8 Å². The van der Waals surface area contributed by atoms with Gasteiger partial charge in [-0.3, -0.25) is 4.79 Å². The van der Waals surface area contributed by atoms with Crippen LogP contribution >= 0.6 is 0 Å². The van der Waals surface area contributed by atoms with Gasteiger partial charge < -0.3 is 9.88 Å². The predicted octanol–water partition coefficient (Wildman–Crippen LogP) is 2.68. The first-order valence-corrected chi connectivity index (χ1v) is 7.80. The summed E-state index contributed by atoms with van der Waals surface area (Å²) < 4.78 is 40.5. The second kappa shape index (κ2) is 5.93. The first-order chi connectivity index (χ1) is 10.4. The van der Waals surface area contributed by atoms with Gasteiger partial charge in [-0.25, -0.2) is 4.98 Å². The number of aryl methyl sites for hydroxylation is 1. The quantitative estimate of drug-likeness (QED) is 0.912. The van der Waals surface area contributed by atoms with Crippen LogP contribution in [0, 0.1) is 11.8 Å². The average molecular weight is 315 g/mol. The Hall–Kier alpha value is -1.53. The Morgan fingerprint density at radius 3 is 2.91 bits per heavy atom. The first-order valence-electron chi connectivity index (χ1n) is 7.80. The molecule has 0 radical (unpaired) electrons. The Morgan fingerprint density at radius 2 is 2.14 bits per heavy atom.